The molecule has 13 heavy (non-hydrogen) atoms. The van der Waals surface area contributed by atoms with Crippen molar-refractivity contribution in [1.29, 1.82) is 0 Å². The van der Waals surface area contributed by atoms with Crippen molar-refractivity contribution in [3.63, 3.8) is 0 Å². The van der Waals surface area contributed by atoms with E-state index in [1.807, 2.05) is 0 Å². The minimum Gasteiger partial charge on any atom is -0.326 e. The lowest BCUT2D eigenvalue weighted by Gasteiger charge is -2.05. The Bertz CT molecular complexity index is 205. The summed E-state index contributed by atoms with van der Waals surface area (Å²) in [6.45, 7) is 0. The molecule has 0 aromatic carbocycles. The molecule has 2 unspecified atom stereocenters. The first-order valence-electron chi connectivity index (χ1n) is 2.39. The fourth-order valence-corrected chi connectivity index (χ4v) is 2.28. The van der Waals surface area contributed by atoms with Gasteiger partial charge in [-0.3, -0.25) is 9.13 Å². The van der Waals surface area contributed by atoms with Crippen LogP contribution < -0.4 is 0 Å². The third-order valence-corrected chi connectivity index (χ3v) is 3.48. The van der Waals surface area contributed by atoms with E-state index < -0.39 is 24.3 Å². The van der Waals surface area contributed by atoms with Gasteiger partial charge < -0.3 is 14.7 Å². The predicted octanol–water partition coefficient (Wildman–Crippen LogP) is 0.739. The highest BCUT2D eigenvalue weighted by Crippen LogP contribution is 2.55. The van der Waals surface area contributed by atoms with Crippen LogP contribution in [0.5, 0.6) is 0 Å². The number of phosphoric acid groups is 1. The Kier molecular flexibility index (Phi) is 10.1. The van der Waals surface area contributed by atoms with Gasteiger partial charge in [-0.2, -0.15) is 0 Å². The van der Waals surface area contributed by atoms with Crippen LogP contribution in [-0.2, 0) is 22.3 Å². The van der Waals surface area contributed by atoms with Crippen molar-refractivity contribution >= 4 is 35.9 Å². The topological polar surface area (TPSA) is 130 Å². The Hall–Kier alpha value is 0.780. The summed E-state index contributed by atoms with van der Waals surface area (Å²) in [6.07, 6.45) is 1.47. The molecule has 12 heteroatoms. The summed E-state index contributed by atoms with van der Waals surface area (Å²) in [4.78, 5) is 24.2. The Morgan fingerprint density at radius 2 is 1.38 bits per heavy atom. The molecule has 2 atom stereocenters. The zero-order valence-corrected chi connectivity index (χ0v) is 9.86. The minimum absolute atomic E-state index is 1.47. The lowest BCUT2D eigenvalue weighted by Crippen LogP contribution is -1.81. The van der Waals surface area contributed by atoms with Gasteiger partial charge in [-0.15, -0.1) is 11.6 Å². The molecule has 3 N–H and O–H groups in total. The van der Waals surface area contributed by atoms with E-state index >= 15 is 0 Å². The summed E-state index contributed by atoms with van der Waals surface area (Å²) in [7, 11) is -12.2. The van der Waals surface area contributed by atoms with Gasteiger partial charge in [0, 0.05) is 6.38 Å². The van der Waals surface area contributed by atoms with E-state index in [2.05, 4.69) is 20.2 Å². The minimum atomic E-state index is -4.84. The summed E-state index contributed by atoms with van der Waals surface area (Å²) in [5.41, 5.74) is 0. The van der Waals surface area contributed by atoms with Gasteiger partial charge in [0.1, 0.15) is 0 Å². The van der Waals surface area contributed by atoms with Crippen LogP contribution in [0.1, 0.15) is 0 Å². The van der Waals surface area contributed by atoms with E-state index in [4.69, 9.17) is 14.7 Å². The molecule has 0 radical (unpaired) electrons. The van der Waals surface area contributed by atoms with Crippen LogP contribution in [0.25, 0.3) is 0 Å². The van der Waals surface area contributed by atoms with Gasteiger partial charge in [-0.25, -0.2) is 13.2 Å². The molecule has 0 saturated heterocycles. The summed E-state index contributed by atoms with van der Waals surface area (Å²) in [5, 5.41) is 0. The molecule has 8 nitrogen and oxygen atoms in total. The Balaban J connectivity index is 0. The largest absolute Gasteiger partial charge is 0.486 e. The molecule has 0 spiro atoms. The summed E-state index contributed by atoms with van der Waals surface area (Å²) < 4.78 is 36.6. The van der Waals surface area contributed by atoms with Crippen molar-refractivity contribution in [2.75, 3.05) is 6.38 Å². The maximum atomic E-state index is 10.3. The van der Waals surface area contributed by atoms with Gasteiger partial charge >= 0.3 is 24.3 Å². The SMILES string of the molecule is CCl.O=[PH](O)OP(=O)(O)O[PH](=O)O. The van der Waals surface area contributed by atoms with Gasteiger partial charge in [0.25, 0.3) is 0 Å². The van der Waals surface area contributed by atoms with Gasteiger partial charge in [0.05, 0.1) is 0 Å². The van der Waals surface area contributed by atoms with Crippen LogP contribution in [0, 0.1) is 0 Å². The Morgan fingerprint density at radius 1 is 1.15 bits per heavy atom. The second kappa shape index (κ2) is 8.12. The first-order chi connectivity index (χ1) is 5.83. The highest BCUT2D eigenvalue weighted by Gasteiger charge is 2.25. The van der Waals surface area contributed by atoms with Gasteiger partial charge in [0.2, 0.25) is 0 Å². The standard InChI is InChI=1S/CH3Cl.H5O8P3/c1-2;1-9(2)7-11(5,6)8-10(3)4/h1H3;9-10H,(H,1,2)(H,3,4)(H,5,6). The third kappa shape index (κ3) is 12.8. The maximum Gasteiger partial charge on any atom is 0.486 e. The van der Waals surface area contributed by atoms with Crippen molar-refractivity contribution in [3.8, 4) is 0 Å². The number of alkyl halides is 1. The lowest BCUT2D eigenvalue weighted by molar-refractivity contribution is 0.271. The molecule has 0 saturated carbocycles. The third-order valence-electron chi connectivity index (χ3n) is 0.387. The number of hydrogen-bond acceptors (Lipinski definition) is 5. The lowest BCUT2D eigenvalue weighted by atomic mass is 12.0. The second-order valence-corrected chi connectivity index (χ2v) is 4.64. The Morgan fingerprint density at radius 3 is 1.54 bits per heavy atom. The average molecular weight is 276 g/mol. The van der Waals surface area contributed by atoms with Crippen LogP contribution in [0.4, 0.5) is 0 Å². The Labute approximate surface area is 80.0 Å². The molecule has 0 bridgehead atoms. The average Bonchev–Trinajstić information content (AvgIpc) is 1.85. The van der Waals surface area contributed by atoms with E-state index in [1.165, 1.54) is 6.38 Å². The molecule has 0 amide bonds. The zero-order chi connectivity index (χ0) is 11.1. The molecule has 0 rings (SSSR count). The van der Waals surface area contributed by atoms with Crippen LogP contribution >= 0.6 is 35.9 Å². The zero-order valence-electron chi connectivity index (χ0n) is 6.21. The van der Waals surface area contributed by atoms with Crippen LogP contribution in [0.15, 0.2) is 0 Å². The normalized spacial score (nSPS) is 19.2. The van der Waals surface area contributed by atoms with Crippen molar-refractivity contribution in [1.82, 2.24) is 0 Å². The fourth-order valence-electron chi connectivity index (χ4n) is 0.216. The van der Waals surface area contributed by atoms with E-state index in [-0.39, 0.29) is 0 Å². The molecule has 0 aromatic rings. The molecule has 0 aliphatic rings. The quantitative estimate of drug-likeness (QED) is 0.506. The number of halogens is 1. The molecular weight excluding hydrogens is 268 g/mol. The van der Waals surface area contributed by atoms with Crippen molar-refractivity contribution in [2.45, 2.75) is 0 Å². The smallest absolute Gasteiger partial charge is 0.326 e. The molecule has 0 aliphatic heterocycles. The second-order valence-electron chi connectivity index (χ2n) is 1.18. The van der Waals surface area contributed by atoms with Crippen molar-refractivity contribution < 1.29 is 37.0 Å². The van der Waals surface area contributed by atoms with Crippen LogP contribution in [-0.4, -0.2) is 21.1 Å². The fraction of sp³-hybridized carbons (Fsp3) is 1.00. The van der Waals surface area contributed by atoms with E-state index in [0.29, 0.717) is 0 Å². The molecule has 82 valence electrons. The first kappa shape index (κ1) is 16.2. The summed E-state index contributed by atoms with van der Waals surface area (Å²) in [5.74, 6) is 0. The first-order valence-corrected chi connectivity index (χ1v) is 7.17. The molecule has 0 aliphatic carbocycles. The number of hydrogen-bond donors (Lipinski definition) is 3. The number of rotatable bonds is 4. The summed E-state index contributed by atoms with van der Waals surface area (Å²) >= 11 is 4.64. The van der Waals surface area contributed by atoms with Crippen molar-refractivity contribution in [2.24, 2.45) is 0 Å². The maximum absolute atomic E-state index is 10.3. The van der Waals surface area contributed by atoms with E-state index in [1.54, 1.807) is 0 Å². The highest BCUT2D eigenvalue weighted by atomic mass is 35.5. The van der Waals surface area contributed by atoms with Gasteiger partial charge in [-0.1, -0.05) is 0 Å². The molecule has 0 fully saturated rings. The van der Waals surface area contributed by atoms with Gasteiger partial charge in [-0.05, 0) is 0 Å². The predicted molar refractivity (Wildman–Crippen MR) is 46.2 cm³/mol. The van der Waals surface area contributed by atoms with E-state index in [0.717, 1.165) is 0 Å². The molecular formula is CH8ClO8P3. The molecule has 0 aromatic heterocycles. The van der Waals surface area contributed by atoms with Crippen molar-refractivity contribution in [3.05, 3.63) is 0 Å². The van der Waals surface area contributed by atoms with Crippen LogP contribution in [0.3, 0.4) is 0 Å². The monoisotopic (exact) mass is 276 g/mol. The highest BCUT2D eigenvalue weighted by molar-refractivity contribution is 7.60. The van der Waals surface area contributed by atoms with Crippen LogP contribution in [0.2, 0.25) is 0 Å². The van der Waals surface area contributed by atoms with E-state index in [9.17, 15) is 13.7 Å². The van der Waals surface area contributed by atoms with Gasteiger partial charge in [0.15, 0.2) is 0 Å². The molecule has 0 heterocycles. The summed E-state index contributed by atoms with van der Waals surface area (Å²) in [6, 6.07) is 0.